The monoisotopic (exact) mass is 340 g/mol. The Morgan fingerprint density at radius 2 is 2.04 bits per heavy atom. The Labute approximate surface area is 148 Å². The molecule has 2 fully saturated rings. The van der Waals surface area contributed by atoms with E-state index >= 15 is 0 Å². The molecule has 2 N–H and O–H groups in total. The average Bonchev–Trinajstić information content (AvgIpc) is 3.47. The third-order valence-electron chi connectivity index (χ3n) is 4.81. The highest BCUT2D eigenvalue weighted by molar-refractivity contribution is 5.65. The number of ether oxygens (including phenoxy) is 2. The summed E-state index contributed by atoms with van der Waals surface area (Å²) in [6, 6.07) is 8.42. The van der Waals surface area contributed by atoms with Crippen LogP contribution in [0.4, 0.5) is 11.6 Å². The quantitative estimate of drug-likeness (QED) is 0.841. The molecule has 0 spiro atoms. The second-order valence-corrected chi connectivity index (χ2v) is 6.67. The van der Waals surface area contributed by atoms with Crippen molar-refractivity contribution >= 4 is 11.6 Å². The van der Waals surface area contributed by atoms with Gasteiger partial charge in [-0.15, -0.1) is 0 Å². The van der Waals surface area contributed by atoms with E-state index < -0.39 is 0 Å². The standard InChI is InChI=1S/C19H24N4O2/c1-13-17(20)21-18(22-19(13)23-7-9-24-10-8-23)15-4-2-3-14(11-15)5-6-16-12-25-16/h2-4,11,16H,5-10,12H2,1H3,(H2,20,21,22). The lowest BCUT2D eigenvalue weighted by atomic mass is 10.0. The first-order valence-electron chi connectivity index (χ1n) is 8.88. The molecule has 1 aromatic heterocycles. The highest BCUT2D eigenvalue weighted by Gasteiger charge is 2.22. The number of aryl methyl sites for hydroxylation is 1. The van der Waals surface area contributed by atoms with Gasteiger partial charge in [0.2, 0.25) is 0 Å². The summed E-state index contributed by atoms with van der Waals surface area (Å²) in [5.74, 6) is 2.15. The van der Waals surface area contributed by atoms with Gasteiger partial charge in [-0.05, 0) is 31.4 Å². The fourth-order valence-corrected chi connectivity index (χ4v) is 3.16. The first kappa shape index (κ1) is 16.3. The summed E-state index contributed by atoms with van der Waals surface area (Å²) in [6.07, 6.45) is 2.53. The number of morpholine rings is 1. The summed E-state index contributed by atoms with van der Waals surface area (Å²) in [6.45, 7) is 5.99. The molecule has 3 heterocycles. The molecule has 1 unspecified atom stereocenters. The molecule has 6 nitrogen and oxygen atoms in total. The number of hydrogen-bond acceptors (Lipinski definition) is 6. The van der Waals surface area contributed by atoms with E-state index in [1.807, 2.05) is 13.0 Å². The number of rotatable bonds is 5. The number of aromatic nitrogens is 2. The largest absolute Gasteiger partial charge is 0.383 e. The molecule has 2 aliphatic heterocycles. The molecule has 0 bridgehead atoms. The van der Waals surface area contributed by atoms with Crippen LogP contribution < -0.4 is 10.6 Å². The van der Waals surface area contributed by atoms with Gasteiger partial charge in [0, 0.05) is 24.2 Å². The third kappa shape index (κ3) is 3.75. The molecular formula is C19H24N4O2. The predicted molar refractivity (Wildman–Crippen MR) is 97.7 cm³/mol. The molecule has 2 aliphatic rings. The van der Waals surface area contributed by atoms with Gasteiger partial charge in [0.1, 0.15) is 11.6 Å². The smallest absolute Gasteiger partial charge is 0.163 e. The summed E-state index contributed by atoms with van der Waals surface area (Å²) in [7, 11) is 0. The molecule has 2 aromatic rings. The number of nitrogens with two attached hydrogens (primary N) is 1. The summed E-state index contributed by atoms with van der Waals surface area (Å²) >= 11 is 0. The van der Waals surface area contributed by atoms with Crippen LogP contribution in [0.5, 0.6) is 0 Å². The van der Waals surface area contributed by atoms with Gasteiger partial charge >= 0.3 is 0 Å². The maximum Gasteiger partial charge on any atom is 0.163 e. The second kappa shape index (κ2) is 6.98. The molecule has 6 heteroatoms. The van der Waals surface area contributed by atoms with Crippen LogP contribution in [0.15, 0.2) is 24.3 Å². The molecule has 0 amide bonds. The summed E-state index contributed by atoms with van der Waals surface area (Å²) in [4.78, 5) is 11.6. The Morgan fingerprint density at radius 3 is 2.80 bits per heavy atom. The van der Waals surface area contributed by atoms with E-state index in [0.29, 0.717) is 17.7 Å². The zero-order chi connectivity index (χ0) is 17.2. The van der Waals surface area contributed by atoms with Crippen LogP contribution in [0.2, 0.25) is 0 Å². The Hall–Kier alpha value is -2.18. The van der Waals surface area contributed by atoms with E-state index in [4.69, 9.17) is 20.2 Å². The van der Waals surface area contributed by atoms with Crippen LogP contribution in [0, 0.1) is 6.92 Å². The topological polar surface area (TPSA) is 76.8 Å². The molecule has 25 heavy (non-hydrogen) atoms. The van der Waals surface area contributed by atoms with Crippen molar-refractivity contribution in [2.75, 3.05) is 43.5 Å². The van der Waals surface area contributed by atoms with Crippen molar-refractivity contribution in [1.29, 1.82) is 0 Å². The van der Waals surface area contributed by atoms with Gasteiger partial charge in [-0.25, -0.2) is 9.97 Å². The lowest BCUT2D eigenvalue weighted by molar-refractivity contribution is 0.122. The molecule has 4 rings (SSSR count). The van der Waals surface area contributed by atoms with E-state index in [2.05, 4.69) is 28.1 Å². The Kier molecular flexibility index (Phi) is 4.55. The van der Waals surface area contributed by atoms with E-state index in [1.54, 1.807) is 0 Å². The summed E-state index contributed by atoms with van der Waals surface area (Å²) < 4.78 is 10.7. The third-order valence-corrected chi connectivity index (χ3v) is 4.81. The van der Waals surface area contributed by atoms with Crippen molar-refractivity contribution in [1.82, 2.24) is 9.97 Å². The minimum absolute atomic E-state index is 0.447. The van der Waals surface area contributed by atoms with Crippen molar-refractivity contribution in [2.45, 2.75) is 25.9 Å². The second-order valence-electron chi connectivity index (χ2n) is 6.67. The number of anilines is 2. The van der Waals surface area contributed by atoms with Gasteiger partial charge < -0.3 is 20.1 Å². The maximum absolute atomic E-state index is 6.18. The van der Waals surface area contributed by atoms with Crippen LogP contribution in [-0.2, 0) is 15.9 Å². The van der Waals surface area contributed by atoms with Gasteiger partial charge in [-0.2, -0.15) is 0 Å². The van der Waals surface area contributed by atoms with Gasteiger partial charge in [-0.3, -0.25) is 0 Å². The fourth-order valence-electron chi connectivity index (χ4n) is 3.16. The predicted octanol–water partition coefficient (Wildman–Crippen LogP) is 2.20. The molecular weight excluding hydrogens is 316 g/mol. The number of nitrogens with zero attached hydrogens (tertiary/aromatic N) is 3. The number of benzene rings is 1. The Bertz CT molecular complexity index is 755. The highest BCUT2D eigenvalue weighted by atomic mass is 16.6. The number of nitrogen functional groups attached to an aromatic ring is 1. The molecule has 1 atom stereocenters. The van der Waals surface area contributed by atoms with E-state index in [-0.39, 0.29) is 0 Å². The lowest BCUT2D eigenvalue weighted by Gasteiger charge is -2.29. The van der Waals surface area contributed by atoms with Gasteiger partial charge in [-0.1, -0.05) is 18.2 Å². The first-order chi connectivity index (χ1) is 12.2. The van der Waals surface area contributed by atoms with Crippen LogP contribution in [0.1, 0.15) is 17.5 Å². The fraction of sp³-hybridized carbons (Fsp3) is 0.474. The van der Waals surface area contributed by atoms with Crippen LogP contribution in [0.25, 0.3) is 11.4 Å². The van der Waals surface area contributed by atoms with Gasteiger partial charge in [0.05, 0.1) is 25.9 Å². The zero-order valence-corrected chi connectivity index (χ0v) is 14.6. The van der Waals surface area contributed by atoms with Crippen molar-refractivity contribution < 1.29 is 9.47 Å². The van der Waals surface area contributed by atoms with Gasteiger partial charge in [0.15, 0.2) is 5.82 Å². The first-order valence-corrected chi connectivity index (χ1v) is 8.88. The van der Waals surface area contributed by atoms with Crippen LogP contribution >= 0.6 is 0 Å². The SMILES string of the molecule is Cc1c(N)nc(-c2cccc(CCC3CO3)c2)nc1N1CCOCC1. The minimum atomic E-state index is 0.447. The van der Waals surface area contributed by atoms with E-state index in [9.17, 15) is 0 Å². The number of hydrogen-bond donors (Lipinski definition) is 1. The van der Waals surface area contributed by atoms with Crippen LogP contribution in [-0.4, -0.2) is 49.0 Å². The molecule has 2 saturated heterocycles. The zero-order valence-electron chi connectivity index (χ0n) is 14.6. The van der Waals surface area contributed by atoms with Crippen molar-refractivity contribution in [3.63, 3.8) is 0 Å². The molecule has 1 aromatic carbocycles. The van der Waals surface area contributed by atoms with E-state index in [0.717, 1.165) is 62.7 Å². The number of epoxide rings is 1. The van der Waals surface area contributed by atoms with Crippen molar-refractivity contribution in [2.24, 2.45) is 0 Å². The molecule has 0 aliphatic carbocycles. The normalized spacial score (nSPS) is 19.9. The molecule has 132 valence electrons. The van der Waals surface area contributed by atoms with E-state index in [1.165, 1.54) is 5.56 Å². The molecule has 0 saturated carbocycles. The minimum Gasteiger partial charge on any atom is -0.383 e. The summed E-state index contributed by atoms with van der Waals surface area (Å²) in [5.41, 5.74) is 9.41. The van der Waals surface area contributed by atoms with Crippen molar-refractivity contribution in [3.05, 3.63) is 35.4 Å². The lowest BCUT2D eigenvalue weighted by Crippen LogP contribution is -2.37. The highest BCUT2D eigenvalue weighted by Crippen LogP contribution is 2.27. The Balaban J connectivity index is 1.62. The van der Waals surface area contributed by atoms with Gasteiger partial charge in [0.25, 0.3) is 0 Å². The molecule has 0 radical (unpaired) electrons. The summed E-state index contributed by atoms with van der Waals surface area (Å²) in [5, 5.41) is 0. The average molecular weight is 340 g/mol. The van der Waals surface area contributed by atoms with Crippen LogP contribution in [0.3, 0.4) is 0 Å². The van der Waals surface area contributed by atoms with Crippen molar-refractivity contribution in [3.8, 4) is 11.4 Å². The Morgan fingerprint density at radius 1 is 1.24 bits per heavy atom. The maximum atomic E-state index is 6.18.